The van der Waals surface area contributed by atoms with Crippen LogP contribution in [-0.4, -0.2) is 38.8 Å². The number of para-hydroxylation sites is 1. The lowest BCUT2D eigenvalue weighted by molar-refractivity contribution is 0.316. The number of likely N-dealkylation sites (tertiary alicyclic amines) is 1. The van der Waals surface area contributed by atoms with Crippen molar-refractivity contribution in [2.45, 2.75) is 22.6 Å². The lowest BCUT2D eigenvalue weighted by Gasteiger charge is -2.19. The van der Waals surface area contributed by atoms with Gasteiger partial charge in [-0.05, 0) is 35.4 Å². The van der Waals surface area contributed by atoms with Crippen molar-refractivity contribution < 1.29 is 17.6 Å². The molecule has 0 aliphatic carbocycles. The molecule has 144 valence electrons. The molecule has 5 rings (SSSR count). The van der Waals surface area contributed by atoms with Crippen LogP contribution in [0.2, 0.25) is 0 Å². The van der Waals surface area contributed by atoms with Crippen LogP contribution < -0.4 is 4.74 Å². The zero-order valence-electron chi connectivity index (χ0n) is 15.5. The molecule has 28 heavy (non-hydrogen) atoms. The number of hydrogen-bond acceptors (Lipinski definition) is 5. The maximum Gasteiger partial charge on any atom is 0.183 e. The van der Waals surface area contributed by atoms with Crippen molar-refractivity contribution >= 4 is 9.84 Å². The highest BCUT2D eigenvalue weighted by atomic mass is 32.2. The number of hydrogen-bond donors (Lipinski definition) is 0. The molecule has 3 heterocycles. The zero-order chi connectivity index (χ0) is 19.3. The van der Waals surface area contributed by atoms with Gasteiger partial charge in [-0.3, -0.25) is 4.90 Å². The first kappa shape index (κ1) is 17.5. The summed E-state index contributed by atoms with van der Waals surface area (Å²) in [7, 11) is -1.64. The van der Waals surface area contributed by atoms with Gasteiger partial charge in [-0.25, -0.2) is 8.42 Å². The highest BCUT2D eigenvalue weighted by molar-refractivity contribution is 7.92. The molecule has 2 aliphatic heterocycles. The zero-order valence-corrected chi connectivity index (χ0v) is 16.4. The fourth-order valence-corrected chi connectivity index (χ4v) is 6.73. The van der Waals surface area contributed by atoms with Crippen LogP contribution in [0.1, 0.15) is 17.0 Å². The first-order valence-electron chi connectivity index (χ1n) is 9.32. The van der Waals surface area contributed by atoms with Gasteiger partial charge in [0.1, 0.15) is 5.75 Å². The van der Waals surface area contributed by atoms with E-state index in [0.717, 1.165) is 34.5 Å². The Bertz CT molecular complexity index is 1120. The molecule has 2 aliphatic rings. The van der Waals surface area contributed by atoms with E-state index in [9.17, 15) is 8.42 Å². The van der Waals surface area contributed by atoms with Gasteiger partial charge in [0.15, 0.2) is 9.84 Å². The van der Waals surface area contributed by atoms with Gasteiger partial charge in [0.2, 0.25) is 0 Å². The van der Waals surface area contributed by atoms with E-state index >= 15 is 0 Å². The van der Waals surface area contributed by atoms with Gasteiger partial charge in [0.25, 0.3) is 0 Å². The third kappa shape index (κ3) is 2.67. The molecule has 1 fully saturated rings. The maximum atomic E-state index is 13.1. The van der Waals surface area contributed by atoms with E-state index in [1.54, 1.807) is 25.7 Å². The highest BCUT2D eigenvalue weighted by Gasteiger charge is 2.50. The van der Waals surface area contributed by atoms with Crippen LogP contribution in [0.25, 0.3) is 11.1 Å². The van der Waals surface area contributed by atoms with E-state index in [4.69, 9.17) is 9.15 Å². The van der Waals surface area contributed by atoms with Crippen molar-refractivity contribution in [2.24, 2.45) is 0 Å². The first-order chi connectivity index (χ1) is 13.6. The summed E-state index contributed by atoms with van der Waals surface area (Å²) < 4.78 is 36.9. The van der Waals surface area contributed by atoms with Crippen LogP contribution in [0.5, 0.6) is 5.75 Å². The predicted molar refractivity (Wildman–Crippen MR) is 106 cm³/mol. The summed E-state index contributed by atoms with van der Waals surface area (Å²) in [5, 5.41) is -0.378. The summed E-state index contributed by atoms with van der Waals surface area (Å²) in [5.41, 5.74) is 3.97. The Hall–Kier alpha value is -2.57. The number of furan rings is 1. The van der Waals surface area contributed by atoms with Crippen molar-refractivity contribution in [1.29, 1.82) is 0 Å². The first-order valence-corrected chi connectivity index (χ1v) is 10.9. The van der Waals surface area contributed by atoms with Crippen molar-refractivity contribution in [3.63, 3.8) is 0 Å². The summed E-state index contributed by atoms with van der Waals surface area (Å²) in [6, 6.07) is 15.4. The van der Waals surface area contributed by atoms with Gasteiger partial charge in [-0.2, -0.15) is 0 Å². The summed E-state index contributed by atoms with van der Waals surface area (Å²) in [6.45, 7) is 1.95. The van der Waals surface area contributed by atoms with E-state index in [-0.39, 0.29) is 11.2 Å². The number of benzene rings is 2. The van der Waals surface area contributed by atoms with Crippen molar-refractivity contribution in [2.75, 3.05) is 20.2 Å². The van der Waals surface area contributed by atoms with Crippen LogP contribution >= 0.6 is 0 Å². The molecule has 0 radical (unpaired) electrons. The lowest BCUT2D eigenvalue weighted by Crippen LogP contribution is -2.26. The molecule has 5 nitrogen and oxygen atoms in total. The standard InChI is InChI=1S/C22H21NO4S/c1-26-20-5-3-2-4-16(20)11-23-12-19-18-10-15(17-8-9-27-14-17)6-7-21(18)28(24,25)22(19)13-23/h2-10,14,19,22H,11-13H2,1H3. The Balaban J connectivity index is 1.47. The largest absolute Gasteiger partial charge is 0.496 e. The van der Waals surface area contributed by atoms with Crippen LogP contribution in [0, 0.1) is 0 Å². The van der Waals surface area contributed by atoms with Gasteiger partial charge in [-0.1, -0.05) is 24.3 Å². The van der Waals surface area contributed by atoms with Gasteiger partial charge >= 0.3 is 0 Å². The predicted octanol–water partition coefficient (Wildman–Crippen LogP) is 3.71. The fourth-order valence-electron chi connectivity index (χ4n) is 4.54. The second-order valence-electron chi connectivity index (χ2n) is 7.46. The normalized spacial score (nSPS) is 22.8. The van der Waals surface area contributed by atoms with Crippen LogP contribution in [0.15, 0.2) is 70.4 Å². The third-order valence-electron chi connectivity index (χ3n) is 5.90. The number of ether oxygens (including phenoxy) is 1. The number of rotatable bonds is 4. The van der Waals surface area contributed by atoms with E-state index in [1.807, 2.05) is 42.5 Å². The third-order valence-corrected chi connectivity index (χ3v) is 8.16. The summed E-state index contributed by atoms with van der Waals surface area (Å²) in [6.07, 6.45) is 3.32. The van der Waals surface area contributed by atoms with Crippen molar-refractivity contribution in [3.05, 3.63) is 72.2 Å². The molecule has 0 bridgehead atoms. The smallest absolute Gasteiger partial charge is 0.183 e. The van der Waals surface area contributed by atoms with Crippen molar-refractivity contribution in [1.82, 2.24) is 4.90 Å². The molecule has 0 spiro atoms. The second-order valence-corrected chi connectivity index (χ2v) is 9.60. The van der Waals surface area contributed by atoms with Crippen LogP contribution in [-0.2, 0) is 16.4 Å². The van der Waals surface area contributed by atoms with E-state index < -0.39 is 9.84 Å². The van der Waals surface area contributed by atoms with E-state index in [1.165, 1.54) is 0 Å². The minimum Gasteiger partial charge on any atom is -0.496 e. The van der Waals surface area contributed by atoms with Crippen molar-refractivity contribution in [3.8, 4) is 16.9 Å². The average molecular weight is 395 g/mol. The second kappa shape index (κ2) is 6.50. The summed E-state index contributed by atoms with van der Waals surface area (Å²) in [5.74, 6) is 0.839. The quantitative estimate of drug-likeness (QED) is 0.674. The topological polar surface area (TPSA) is 59.8 Å². The van der Waals surface area contributed by atoms with Gasteiger partial charge in [-0.15, -0.1) is 0 Å². The molecule has 0 N–H and O–H groups in total. The minimum absolute atomic E-state index is 0.00144. The van der Waals surface area contributed by atoms with Crippen LogP contribution in [0.4, 0.5) is 0 Å². The Kier molecular flexibility index (Phi) is 4.07. The number of nitrogens with zero attached hydrogens (tertiary/aromatic N) is 1. The molecular formula is C22H21NO4S. The Morgan fingerprint density at radius 2 is 1.96 bits per heavy atom. The molecule has 6 heteroatoms. The Labute approximate surface area is 164 Å². The SMILES string of the molecule is COc1ccccc1CN1CC2c3cc(-c4ccoc4)ccc3S(=O)(=O)C2C1. The van der Waals surface area contributed by atoms with Gasteiger partial charge in [0, 0.05) is 36.7 Å². The fraction of sp³-hybridized carbons (Fsp3) is 0.273. The monoisotopic (exact) mass is 395 g/mol. The number of fused-ring (bicyclic) bond motifs is 3. The number of sulfone groups is 1. The van der Waals surface area contributed by atoms with Gasteiger partial charge < -0.3 is 9.15 Å². The Morgan fingerprint density at radius 3 is 2.75 bits per heavy atom. The molecule has 2 unspecified atom stereocenters. The molecule has 0 amide bonds. The molecule has 3 aromatic rings. The summed E-state index contributed by atoms with van der Waals surface area (Å²) >= 11 is 0. The maximum absolute atomic E-state index is 13.1. The lowest BCUT2D eigenvalue weighted by atomic mass is 9.95. The van der Waals surface area contributed by atoms with Gasteiger partial charge in [0.05, 0.1) is 29.8 Å². The molecule has 2 atom stereocenters. The molecule has 1 aromatic heterocycles. The molecular weight excluding hydrogens is 374 g/mol. The number of methoxy groups -OCH3 is 1. The average Bonchev–Trinajstić information content (AvgIpc) is 3.41. The molecule has 1 saturated heterocycles. The Morgan fingerprint density at radius 1 is 1.11 bits per heavy atom. The molecule has 0 saturated carbocycles. The minimum atomic E-state index is -3.31. The highest BCUT2D eigenvalue weighted by Crippen LogP contribution is 2.46. The summed E-state index contributed by atoms with van der Waals surface area (Å²) in [4.78, 5) is 2.71. The van der Waals surface area contributed by atoms with Crippen LogP contribution in [0.3, 0.4) is 0 Å². The molecule has 2 aromatic carbocycles. The van der Waals surface area contributed by atoms with E-state index in [2.05, 4.69) is 4.90 Å². The van der Waals surface area contributed by atoms with E-state index in [0.29, 0.717) is 18.0 Å².